The summed E-state index contributed by atoms with van der Waals surface area (Å²) in [7, 11) is -2.36. The van der Waals surface area contributed by atoms with Gasteiger partial charge in [0, 0.05) is 31.3 Å². The number of anilines is 1. The quantitative estimate of drug-likeness (QED) is 0.637. The van der Waals surface area contributed by atoms with Crippen LogP contribution in [0.15, 0.2) is 47.4 Å². The molecule has 1 N–H and O–H groups in total. The molecule has 4 rings (SSSR count). The minimum Gasteiger partial charge on any atom is -0.325 e. The van der Waals surface area contributed by atoms with Gasteiger partial charge in [-0.25, -0.2) is 8.42 Å². The van der Waals surface area contributed by atoms with Crippen LogP contribution in [0.3, 0.4) is 0 Å². The third-order valence-electron chi connectivity index (χ3n) is 5.57. The number of hydrogen-bond acceptors (Lipinski definition) is 5. The highest BCUT2D eigenvalue weighted by molar-refractivity contribution is 7.89. The second kappa shape index (κ2) is 8.24. The van der Waals surface area contributed by atoms with Gasteiger partial charge in [0.05, 0.1) is 11.4 Å². The van der Waals surface area contributed by atoms with Crippen molar-refractivity contribution in [3.8, 4) is 11.4 Å². The lowest BCUT2D eigenvalue weighted by molar-refractivity contribution is -0.116. The predicted octanol–water partition coefficient (Wildman–Crippen LogP) is 2.77. The van der Waals surface area contributed by atoms with E-state index in [9.17, 15) is 13.2 Å². The third-order valence-corrected chi connectivity index (χ3v) is 7.37. The molecule has 1 amide bonds. The summed E-state index contributed by atoms with van der Waals surface area (Å²) in [5.74, 6) is 1.33. The molecule has 1 aliphatic rings. The summed E-state index contributed by atoms with van der Waals surface area (Å²) >= 11 is 0. The van der Waals surface area contributed by atoms with Crippen LogP contribution in [0.1, 0.15) is 23.4 Å². The Bertz CT molecular complexity index is 1250. The molecule has 0 aliphatic carbocycles. The van der Waals surface area contributed by atoms with Crippen molar-refractivity contribution in [3.63, 3.8) is 0 Å². The minimum absolute atomic E-state index is 0.175. The molecule has 2 heterocycles. The van der Waals surface area contributed by atoms with Crippen molar-refractivity contribution in [2.75, 3.05) is 18.9 Å². The van der Waals surface area contributed by atoms with E-state index in [0.29, 0.717) is 5.69 Å². The molecule has 3 aromatic rings. The first-order valence-electron chi connectivity index (χ1n) is 10.1. The molecule has 0 saturated carbocycles. The second-order valence-electron chi connectivity index (χ2n) is 7.83. The Balaban J connectivity index is 1.46. The highest BCUT2D eigenvalue weighted by Crippen LogP contribution is 2.25. The zero-order chi connectivity index (χ0) is 22.2. The summed E-state index contributed by atoms with van der Waals surface area (Å²) in [6.45, 7) is 4.37. The first-order chi connectivity index (χ1) is 14.8. The molecule has 0 saturated heterocycles. The molecule has 0 bridgehead atoms. The second-order valence-corrected chi connectivity index (χ2v) is 9.88. The summed E-state index contributed by atoms with van der Waals surface area (Å²) in [6, 6.07) is 12.3. The van der Waals surface area contributed by atoms with Crippen molar-refractivity contribution in [1.82, 2.24) is 19.1 Å². The number of carbonyl (C=O) groups is 1. The molecule has 162 valence electrons. The maximum atomic E-state index is 12.8. The third kappa shape index (κ3) is 4.24. The fourth-order valence-corrected chi connectivity index (χ4v) is 4.85. The molecule has 0 spiro atoms. The van der Waals surface area contributed by atoms with Crippen LogP contribution in [0.25, 0.3) is 11.4 Å². The van der Waals surface area contributed by atoms with E-state index < -0.39 is 15.9 Å². The molecule has 0 atom stereocenters. The molecule has 0 fully saturated rings. The number of hydrogen-bond donors (Lipinski definition) is 1. The Hall–Kier alpha value is -3.04. The molecule has 31 heavy (non-hydrogen) atoms. The van der Waals surface area contributed by atoms with Crippen molar-refractivity contribution in [1.29, 1.82) is 0 Å². The topological polar surface area (TPSA) is 97.2 Å². The van der Waals surface area contributed by atoms with Gasteiger partial charge in [0.15, 0.2) is 5.82 Å². The van der Waals surface area contributed by atoms with Crippen molar-refractivity contribution in [2.24, 2.45) is 0 Å². The SMILES string of the molecule is Cc1ccc(S(=O)(=O)N(C)CC(=O)Nc2cccc(-c3nnc4n3CCC4)c2)cc1C. The molecule has 0 radical (unpaired) electrons. The minimum atomic E-state index is -3.77. The van der Waals surface area contributed by atoms with E-state index in [1.54, 1.807) is 24.3 Å². The normalized spacial score (nSPS) is 13.4. The van der Waals surface area contributed by atoms with E-state index in [1.165, 1.54) is 7.05 Å². The van der Waals surface area contributed by atoms with Crippen LogP contribution in [-0.2, 0) is 27.8 Å². The zero-order valence-electron chi connectivity index (χ0n) is 17.8. The highest BCUT2D eigenvalue weighted by Gasteiger charge is 2.24. The van der Waals surface area contributed by atoms with Crippen LogP contribution >= 0.6 is 0 Å². The number of nitrogens with one attached hydrogen (secondary N) is 1. The van der Waals surface area contributed by atoms with E-state index in [-0.39, 0.29) is 11.4 Å². The van der Waals surface area contributed by atoms with E-state index in [4.69, 9.17) is 0 Å². The Labute approximate surface area is 182 Å². The number of benzene rings is 2. The number of fused-ring (bicyclic) bond motifs is 1. The number of amides is 1. The molecule has 0 unspecified atom stereocenters. The van der Waals surface area contributed by atoms with Gasteiger partial charge in [-0.05, 0) is 55.7 Å². The summed E-state index contributed by atoms with van der Waals surface area (Å²) < 4.78 is 28.8. The Morgan fingerprint density at radius 2 is 1.94 bits per heavy atom. The van der Waals surface area contributed by atoms with Gasteiger partial charge in [-0.15, -0.1) is 10.2 Å². The maximum absolute atomic E-state index is 12.8. The summed E-state index contributed by atoms with van der Waals surface area (Å²) in [5, 5.41) is 11.3. The van der Waals surface area contributed by atoms with Gasteiger partial charge in [-0.1, -0.05) is 18.2 Å². The van der Waals surface area contributed by atoms with E-state index in [0.717, 1.165) is 52.0 Å². The fraction of sp³-hybridized carbons (Fsp3) is 0.318. The first-order valence-corrected chi connectivity index (χ1v) is 11.6. The van der Waals surface area contributed by atoms with Crippen LogP contribution in [0.2, 0.25) is 0 Å². The number of aryl methyl sites for hydroxylation is 3. The van der Waals surface area contributed by atoms with E-state index in [1.807, 2.05) is 32.0 Å². The Kier molecular flexibility index (Phi) is 5.63. The van der Waals surface area contributed by atoms with E-state index >= 15 is 0 Å². The number of sulfonamides is 1. The van der Waals surface area contributed by atoms with Gasteiger partial charge in [0.25, 0.3) is 0 Å². The van der Waals surface area contributed by atoms with Gasteiger partial charge < -0.3 is 9.88 Å². The lowest BCUT2D eigenvalue weighted by Crippen LogP contribution is -2.35. The fourth-order valence-electron chi connectivity index (χ4n) is 3.64. The average Bonchev–Trinajstić information content (AvgIpc) is 3.33. The smallest absolute Gasteiger partial charge is 0.243 e. The molecular formula is C22H25N5O3S. The van der Waals surface area contributed by atoms with Gasteiger partial charge in [-0.3, -0.25) is 4.79 Å². The largest absolute Gasteiger partial charge is 0.325 e. The number of rotatable bonds is 6. The maximum Gasteiger partial charge on any atom is 0.243 e. The monoisotopic (exact) mass is 439 g/mol. The predicted molar refractivity (Wildman–Crippen MR) is 118 cm³/mol. The Morgan fingerprint density at radius 1 is 1.13 bits per heavy atom. The van der Waals surface area contributed by atoms with Gasteiger partial charge in [-0.2, -0.15) is 4.31 Å². The van der Waals surface area contributed by atoms with Crippen LogP contribution in [0, 0.1) is 13.8 Å². The van der Waals surface area contributed by atoms with Gasteiger partial charge >= 0.3 is 0 Å². The van der Waals surface area contributed by atoms with Crippen LogP contribution < -0.4 is 5.32 Å². The van der Waals surface area contributed by atoms with Gasteiger partial charge in [0.1, 0.15) is 5.82 Å². The van der Waals surface area contributed by atoms with Crippen LogP contribution in [0.4, 0.5) is 5.69 Å². The lowest BCUT2D eigenvalue weighted by Gasteiger charge is -2.18. The standard InChI is InChI=1S/C22H25N5O3S/c1-15-9-10-19(12-16(15)2)31(29,30)26(3)14-21(28)23-18-7-4-6-17(13-18)22-25-24-20-8-5-11-27(20)22/h4,6-7,9-10,12-13H,5,8,11,14H2,1-3H3,(H,23,28). The zero-order valence-corrected chi connectivity index (χ0v) is 18.6. The summed E-state index contributed by atoms with van der Waals surface area (Å²) in [4.78, 5) is 12.7. The highest BCUT2D eigenvalue weighted by atomic mass is 32.2. The lowest BCUT2D eigenvalue weighted by atomic mass is 10.1. The van der Waals surface area contributed by atoms with Crippen LogP contribution in [-0.4, -0.2) is 47.0 Å². The number of carbonyl (C=O) groups excluding carboxylic acids is 1. The number of nitrogens with zero attached hydrogens (tertiary/aromatic N) is 4. The van der Waals surface area contributed by atoms with Crippen molar-refractivity contribution in [2.45, 2.75) is 38.1 Å². The molecule has 1 aromatic heterocycles. The Morgan fingerprint density at radius 3 is 2.71 bits per heavy atom. The summed E-state index contributed by atoms with van der Waals surface area (Å²) in [5.41, 5.74) is 3.33. The molecule has 1 aliphatic heterocycles. The average molecular weight is 440 g/mol. The number of aromatic nitrogens is 3. The van der Waals surface area contributed by atoms with E-state index in [2.05, 4.69) is 20.1 Å². The molecular weight excluding hydrogens is 414 g/mol. The van der Waals surface area contributed by atoms with Crippen molar-refractivity contribution < 1.29 is 13.2 Å². The van der Waals surface area contributed by atoms with Crippen molar-refractivity contribution >= 4 is 21.6 Å². The van der Waals surface area contributed by atoms with Gasteiger partial charge in [0.2, 0.25) is 15.9 Å². The van der Waals surface area contributed by atoms with Crippen LogP contribution in [0.5, 0.6) is 0 Å². The number of likely N-dealkylation sites (N-methyl/N-ethyl adjacent to an activating group) is 1. The molecule has 2 aromatic carbocycles. The summed E-state index contributed by atoms with van der Waals surface area (Å²) in [6.07, 6.45) is 1.97. The van der Waals surface area contributed by atoms with Crippen molar-refractivity contribution in [3.05, 3.63) is 59.4 Å². The first kappa shape index (κ1) is 21.2. The molecule has 8 nitrogen and oxygen atoms in total. The molecule has 9 heteroatoms.